The van der Waals surface area contributed by atoms with Gasteiger partial charge in [0.1, 0.15) is 5.82 Å². The van der Waals surface area contributed by atoms with Gasteiger partial charge in [0, 0.05) is 21.9 Å². The summed E-state index contributed by atoms with van der Waals surface area (Å²) in [6, 6.07) is 9.70. The first-order valence-electron chi connectivity index (χ1n) is 6.06. The zero-order valence-corrected chi connectivity index (χ0v) is 13.3. The van der Waals surface area contributed by atoms with Crippen molar-refractivity contribution in [3.05, 3.63) is 56.9 Å². The molecule has 0 aromatic heterocycles. The molecule has 0 aliphatic carbocycles. The highest BCUT2D eigenvalue weighted by molar-refractivity contribution is 14.1. The van der Waals surface area contributed by atoms with E-state index in [4.69, 9.17) is 0 Å². The first-order chi connectivity index (χ1) is 9.51. The number of hydrogen-bond donors (Lipinski definition) is 2. The fourth-order valence-electron chi connectivity index (χ4n) is 1.87. The van der Waals surface area contributed by atoms with Gasteiger partial charge in [-0.3, -0.25) is 4.79 Å². The van der Waals surface area contributed by atoms with Gasteiger partial charge in [0.05, 0.1) is 5.69 Å². The van der Waals surface area contributed by atoms with Crippen molar-refractivity contribution in [3.8, 4) is 0 Å². The summed E-state index contributed by atoms with van der Waals surface area (Å²) in [7, 11) is 1.84. The largest absolute Gasteiger partial charge is 0.388 e. The summed E-state index contributed by atoms with van der Waals surface area (Å²) in [6.45, 7) is 1.93. The van der Waals surface area contributed by atoms with E-state index in [1.807, 2.05) is 48.7 Å². The molecule has 0 saturated carbocycles. The molecular formula is C15H14FIN2O. The van der Waals surface area contributed by atoms with Gasteiger partial charge in [-0.05, 0) is 71.5 Å². The number of benzene rings is 2. The molecule has 1 amide bonds. The second-order valence-corrected chi connectivity index (χ2v) is 5.52. The third kappa shape index (κ3) is 3.27. The normalized spacial score (nSPS) is 10.2. The van der Waals surface area contributed by atoms with Crippen LogP contribution in [0.4, 0.5) is 15.8 Å². The minimum Gasteiger partial charge on any atom is -0.388 e. The Morgan fingerprint density at radius 1 is 1.15 bits per heavy atom. The molecule has 0 heterocycles. The van der Waals surface area contributed by atoms with E-state index in [-0.39, 0.29) is 11.7 Å². The molecule has 0 unspecified atom stereocenters. The molecule has 0 aliphatic heterocycles. The van der Waals surface area contributed by atoms with Crippen LogP contribution in [0, 0.1) is 16.3 Å². The van der Waals surface area contributed by atoms with Gasteiger partial charge in [-0.2, -0.15) is 0 Å². The SMILES string of the molecule is CNc1ccc(C(=O)Nc2ccc(F)cc2I)cc1C. The van der Waals surface area contributed by atoms with Crippen molar-refractivity contribution in [1.82, 2.24) is 0 Å². The average molecular weight is 384 g/mol. The van der Waals surface area contributed by atoms with Crippen LogP contribution in [0.1, 0.15) is 15.9 Å². The number of anilines is 2. The summed E-state index contributed by atoms with van der Waals surface area (Å²) >= 11 is 1.99. The van der Waals surface area contributed by atoms with E-state index < -0.39 is 0 Å². The molecule has 0 fully saturated rings. The Hall–Kier alpha value is -1.63. The van der Waals surface area contributed by atoms with E-state index in [1.54, 1.807) is 12.1 Å². The van der Waals surface area contributed by atoms with Crippen molar-refractivity contribution >= 4 is 39.9 Å². The number of carbonyl (C=O) groups is 1. The summed E-state index contributed by atoms with van der Waals surface area (Å²) in [6.07, 6.45) is 0. The number of rotatable bonds is 3. The fraction of sp³-hybridized carbons (Fsp3) is 0.133. The van der Waals surface area contributed by atoms with Gasteiger partial charge in [0.15, 0.2) is 0 Å². The second kappa shape index (κ2) is 6.21. The molecular weight excluding hydrogens is 370 g/mol. The van der Waals surface area contributed by atoms with Crippen LogP contribution in [0.3, 0.4) is 0 Å². The van der Waals surface area contributed by atoms with Crippen molar-refractivity contribution in [3.63, 3.8) is 0 Å². The molecule has 2 aromatic carbocycles. The molecule has 0 bridgehead atoms. The number of nitrogens with one attached hydrogen (secondary N) is 2. The van der Waals surface area contributed by atoms with Crippen LogP contribution in [0.15, 0.2) is 36.4 Å². The van der Waals surface area contributed by atoms with Gasteiger partial charge in [0.25, 0.3) is 5.91 Å². The van der Waals surface area contributed by atoms with E-state index in [0.717, 1.165) is 11.3 Å². The maximum Gasteiger partial charge on any atom is 0.255 e. The molecule has 2 aromatic rings. The summed E-state index contributed by atoms with van der Waals surface area (Å²) in [5.74, 6) is -0.526. The Balaban J connectivity index is 2.21. The smallest absolute Gasteiger partial charge is 0.255 e. The summed E-state index contributed by atoms with van der Waals surface area (Å²) < 4.78 is 13.7. The predicted molar refractivity (Wildman–Crippen MR) is 87.8 cm³/mol. The Morgan fingerprint density at radius 2 is 1.85 bits per heavy atom. The molecule has 104 valence electrons. The lowest BCUT2D eigenvalue weighted by molar-refractivity contribution is 0.102. The molecule has 0 radical (unpaired) electrons. The van der Waals surface area contributed by atoms with E-state index in [1.165, 1.54) is 12.1 Å². The molecule has 2 N–H and O–H groups in total. The zero-order chi connectivity index (χ0) is 14.7. The highest BCUT2D eigenvalue weighted by atomic mass is 127. The van der Waals surface area contributed by atoms with Gasteiger partial charge >= 0.3 is 0 Å². The lowest BCUT2D eigenvalue weighted by atomic mass is 10.1. The van der Waals surface area contributed by atoms with Crippen LogP contribution in [0.25, 0.3) is 0 Å². The number of carbonyl (C=O) groups excluding carboxylic acids is 1. The Labute approximate surface area is 130 Å². The number of aryl methyl sites for hydroxylation is 1. The van der Waals surface area contributed by atoms with Crippen molar-refractivity contribution in [2.24, 2.45) is 0 Å². The molecule has 5 heteroatoms. The van der Waals surface area contributed by atoms with Gasteiger partial charge < -0.3 is 10.6 Å². The number of amides is 1. The van der Waals surface area contributed by atoms with E-state index >= 15 is 0 Å². The summed E-state index contributed by atoms with van der Waals surface area (Å²) in [4.78, 5) is 12.2. The van der Waals surface area contributed by atoms with Crippen molar-refractivity contribution < 1.29 is 9.18 Å². The lowest BCUT2D eigenvalue weighted by Gasteiger charge is -2.10. The monoisotopic (exact) mass is 384 g/mol. The van der Waals surface area contributed by atoms with Crippen LogP contribution in [0.5, 0.6) is 0 Å². The van der Waals surface area contributed by atoms with Crippen molar-refractivity contribution in [2.45, 2.75) is 6.92 Å². The minimum absolute atomic E-state index is 0.208. The van der Waals surface area contributed by atoms with Crippen LogP contribution in [-0.4, -0.2) is 13.0 Å². The third-order valence-electron chi connectivity index (χ3n) is 2.94. The van der Waals surface area contributed by atoms with Crippen LogP contribution in [0.2, 0.25) is 0 Å². The Kier molecular flexibility index (Phi) is 4.59. The first kappa shape index (κ1) is 14.8. The molecule has 0 saturated heterocycles. The van der Waals surface area contributed by atoms with Gasteiger partial charge in [0.2, 0.25) is 0 Å². The molecule has 0 atom stereocenters. The van der Waals surface area contributed by atoms with Crippen LogP contribution in [-0.2, 0) is 0 Å². The maximum absolute atomic E-state index is 13.0. The van der Waals surface area contributed by atoms with Crippen molar-refractivity contribution in [2.75, 3.05) is 17.7 Å². The maximum atomic E-state index is 13.0. The van der Waals surface area contributed by atoms with E-state index in [9.17, 15) is 9.18 Å². The number of hydrogen-bond acceptors (Lipinski definition) is 2. The molecule has 0 aliphatic rings. The number of halogens is 2. The predicted octanol–water partition coefficient (Wildman–Crippen LogP) is 4.03. The van der Waals surface area contributed by atoms with Gasteiger partial charge in [-0.15, -0.1) is 0 Å². The zero-order valence-electron chi connectivity index (χ0n) is 11.1. The quantitative estimate of drug-likeness (QED) is 0.785. The van der Waals surface area contributed by atoms with E-state index in [0.29, 0.717) is 14.8 Å². The van der Waals surface area contributed by atoms with Gasteiger partial charge in [-0.25, -0.2) is 4.39 Å². The Morgan fingerprint density at radius 3 is 2.45 bits per heavy atom. The molecule has 0 spiro atoms. The first-order valence-corrected chi connectivity index (χ1v) is 7.14. The third-order valence-corrected chi connectivity index (χ3v) is 3.83. The molecule has 2 rings (SSSR count). The average Bonchev–Trinajstić information content (AvgIpc) is 2.41. The second-order valence-electron chi connectivity index (χ2n) is 4.36. The highest BCUT2D eigenvalue weighted by Crippen LogP contribution is 2.21. The minimum atomic E-state index is -0.318. The summed E-state index contributed by atoms with van der Waals surface area (Å²) in [5.41, 5.74) is 3.15. The van der Waals surface area contributed by atoms with Gasteiger partial charge in [-0.1, -0.05) is 0 Å². The van der Waals surface area contributed by atoms with Crippen LogP contribution < -0.4 is 10.6 Å². The summed E-state index contributed by atoms with van der Waals surface area (Å²) in [5, 5.41) is 5.84. The lowest BCUT2D eigenvalue weighted by Crippen LogP contribution is -2.13. The van der Waals surface area contributed by atoms with E-state index in [2.05, 4.69) is 10.6 Å². The fourth-order valence-corrected chi connectivity index (χ4v) is 2.48. The highest BCUT2D eigenvalue weighted by Gasteiger charge is 2.10. The van der Waals surface area contributed by atoms with Crippen molar-refractivity contribution in [1.29, 1.82) is 0 Å². The Bertz CT molecular complexity index is 658. The topological polar surface area (TPSA) is 41.1 Å². The van der Waals surface area contributed by atoms with Crippen LogP contribution >= 0.6 is 22.6 Å². The molecule has 3 nitrogen and oxygen atoms in total. The molecule has 20 heavy (non-hydrogen) atoms. The standard InChI is InChI=1S/C15H14FIN2O/c1-9-7-10(3-5-13(9)18-2)15(20)19-14-6-4-11(16)8-12(14)17/h3-8,18H,1-2H3,(H,19,20).